The molecule has 20 heavy (non-hydrogen) atoms. The van der Waals surface area contributed by atoms with Crippen LogP contribution in [0.1, 0.15) is 11.3 Å². The first kappa shape index (κ1) is 14.5. The van der Waals surface area contributed by atoms with Gasteiger partial charge < -0.3 is 5.73 Å². The highest BCUT2D eigenvalue weighted by Crippen LogP contribution is 2.22. The van der Waals surface area contributed by atoms with E-state index in [1.54, 1.807) is 26.0 Å². The summed E-state index contributed by atoms with van der Waals surface area (Å²) in [6.07, 6.45) is 0. The zero-order valence-corrected chi connectivity index (χ0v) is 12.5. The molecule has 1 aromatic carbocycles. The van der Waals surface area contributed by atoms with Crippen LogP contribution in [0.25, 0.3) is 0 Å². The second-order valence-electron chi connectivity index (χ2n) is 4.23. The fourth-order valence-electron chi connectivity index (χ4n) is 1.67. The maximum Gasteiger partial charge on any atom is 0.264 e. The van der Waals surface area contributed by atoms with E-state index in [0.717, 1.165) is 0 Å². The smallest absolute Gasteiger partial charge is 0.264 e. The summed E-state index contributed by atoms with van der Waals surface area (Å²) in [7, 11) is -3.81. The maximum absolute atomic E-state index is 12.3. The van der Waals surface area contributed by atoms with Crippen LogP contribution in [0.2, 0.25) is 5.15 Å². The summed E-state index contributed by atoms with van der Waals surface area (Å²) in [5.74, 6) is -0.0724. The summed E-state index contributed by atoms with van der Waals surface area (Å²) in [5.41, 5.74) is 7.15. The molecule has 2 aromatic rings. The van der Waals surface area contributed by atoms with E-state index >= 15 is 0 Å². The van der Waals surface area contributed by atoms with Crippen molar-refractivity contribution >= 4 is 33.3 Å². The van der Waals surface area contributed by atoms with Crippen LogP contribution in [0.5, 0.6) is 0 Å². The third kappa shape index (κ3) is 3.00. The average molecular weight is 313 g/mol. The van der Waals surface area contributed by atoms with Gasteiger partial charge in [-0.15, -0.1) is 0 Å². The molecule has 6 nitrogen and oxygen atoms in total. The number of hydrogen-bond acceptors (Lipinski definition) is 5. The van der Waals surface area contributed by atoms with Crippen molar-refractivity contribution < 1.29 is 8.42 Å². The topological polar surface area (TPSA) is 98.0 Å². The van der Waals surface area contributed by atoms with Crippen LogP contribution in [0.15, 0.2) is 29.2 Å². The second-order valence-corrected chi connectivity index (χ2v) is 6.27. The highest BCUT2D eigenvalue weighted by atomic mass is 35.5. The summed E-state index contributed by atoms with van der Waals surface area (Å²) in [6.45, 7) is 3.32. The van der Waals surface area contributed by atoms with Crippen LogP contribution in [-0.4, -0.2) is 18.4 Å². The van der Waals surface area contributed by atoms with Crippen molar-refractivity contribution in [1.82, 2.24) is 9.97 Å². The zero-order chi connectivity index (χ0) is 14.9. The molecule has 0 aliphatic rings. The van der Waals surface area contributed by atoms with E-state index in [1.807, 2.05) is 0 Å². The van der Waals surface area contributed by atoms with E-state index in [9.17, 15) is 8.42 Å². The minimum absolute atomic E-state index is 0.0724. The summed E-state index contributed by atoms with van der Waals surface area (Å²) < 4.78 is 26.9. The largest absolute Gasteiger partial charge is 0.398 e. The normalized spacial score (nSPS) is 11.3. The maximum atomic E-state index is 12.3. The average Bonchev–Trinajstić information content (AvgIpc) is 2.30. The number of benzene rings is 1. The van der Waals surface area contributed by atoms with Gasteiger partial charge in [-0.2, -0.15) is 0 Å². The monoisotopic (exact) mass is 312 g/mol. The van der Waals surface area contributed by atoms with E-state index in [1.165, 1.54) is 12.1 Å². The van der Waals surface area contributed by atoms with Gasteiger partial charge in [-0.25, -0.2) is 23.1 Å². The Labute approximate surface area is 122 Å². The molecule has 0 aliphatic heterocycles. The molecular formula is C12H13ClN4O2S. The van der Waals surface area contributed by atoms with E-state index in [4.69, 9.17) is 17.3 Å². The molecule has 106 valence electrons. The minimum Gasteiger partial charge on any atom is -0.398 e. The predicted molar refractivity (Wildman–Crippen MR) is 78.2 cm³/mol. The van der Waals surface area contributed by atoms with Gasteiger partial charge in [-0.05, 0) is 37.6 Å². The molecule has 2 rings (SSSR count). The second kappa shape index (κ2) is 5.26. The molecule has 0 saturated heterocycles. The number of rotatable bonds is 3. The van der Waals surface area contributed by atoms with E-state index in [2.05, 4.69) is 14.7 Å². The van der Waals surface area contributed by atoms with Crippen LogP contribution in [-0.2, 0) is 10.0 Å². The van der Waals surface area contributed by atoms with Gasteiger partial charge in [0.15, 0.2) is 0 Å². The summed E-state index contributed by atoms with van der Waals surface area (Å²) >= 11 is 5.78. The van der Waals surface area contributed by atoms with E-state index in [-0.39, 0.29) is 16.0 Å². The Bertz CT molecular complexity index is 742. The SMILES string of the molecule is Cc1cc(Cl)nc(NS(=O)(=O)c2cccc(N)c2C)n1. The lowest BCUT2D eigenvalue weighted by Gasteiger charge is -2.11. The lowest BCUT2D eigenvalue weighted by Crippen LogP contribution is -2.17. The fourth-order valence-corrected chi connectivity index (χ4v) is 3.13. The Kier molecular flexibility index (Phi) is 3.82. The fraction of sp³-hybridized carbons (Fsp3) is 0.167. The van der Waals surface area contributed by atoms with Crippen LogP contribution < -0.4 is 10.5 Å². The third-order valence-corrected chi connectivity index (χ3v) is 4.33. The van der Waals surface area contributed by atoms with E-state index < -0.39 is 10.0 Å². The molecule has 1 aromatic heterocycles. The number of nitrogens with zero attached hydrogens (tertiary/aromatic N) is 2. The Morgan fingerprint density at radius 3 is 2.60 bits per heavy atom. The summed E-state index contributed by atoms with van der Waals surface area (Å²) in [5, 5.41) is 0.166. The number of nitrogens with two attached hydrogens (primary N) is 1. The van der Waals surface area contributed by atoms with Gasteiger partial charge >= 0.3 is 0 Å². The van der Waals surface area contributed by atoms with Crippen molar-refractivity contribution in [3.63, 3.8) is 0 Å². The minimum atomic E-state index is -3.81. The Balaban J connectivity index is 2.43. The lowest BCUT2D eigenvalue weighted by molar-refractivity contribution is 0.600. The van der Waals surface area contributed by atoms with Gasteiger partial charge in [0.1, 0.15) is 5.15 Å². The number of halogens is 1. The summed E-state index contributed by atoms with van der Waals surface area (Å²) in [4.78, 5) is 7.89. The molecule has 0 spiro atoms. The van der Waals surface area contributed by atoms with Gasteiger partial charge in [0, 0.05) is 11.4 Å². The standard InChI is InChI=1S/C12H13ClN4O2S/c1-7-6-11(13)16-12(15-7)17-20(18,19)10-5-3-4-9(14)8(10)2/h3-6H,14H2,1-2H3,(H,15,16,17). The first-order valence-electron chi connectivity index (χ1n) is 5.69. The molecule has 3 N–H and O–H groups in total. The van der Waals surface area contributed by atoms with Gasteiger partial charge in [0.05, 0.1) is 4.90 Å². The van der Waals surface area contributed by atoms with Gasteiger partial charge in [0.2, 0.25) is 5.95 Å². The van der Waals surface area contributed by atoms with Crippen LogP contribution in [0, 0.1) is 13.8 Å². The number of hydrogen-bond donors (Lipinski definition) is 2. The molecule has 0 fully saturated rings. The Hall–Kier alpha value is -1.86. The van der Waals surface area contributed by atoms with Crippen molar-refractivity contribution in [2.45, 2.75) is 18.7 Å². The molecule has 1 heterocycles. The third-order valence-electron chi connectivity index (χ3n) is 2.66. The predicted octanol–water partition coefficient (Wildman–Crippen LogP) is 2.13. The highest BCUT2D eigenvalue weighted by molar-refractivity contribution is 7.92. The number of nitrogens with one attached hydrogen (secondary N) is 1. The molecule has 0 saturated carbocycles. The molecule has 0 atom stereocenters. The van der Waals surface area contributed by atoms with Crippen LogP contribution in [0.4, 0.5) is 11.6 Å². The highest BCUT2D eigenvalue weighted by Gasteiger charge is 2.19. The number of sulfonamides is 1. The molecule has 0 amide bonds. The van der Waals surface area contributed by atoms with Crippen LogP contribution in [0.3, 0.4) is 0 Å². The number of aryl methyl sites for hydroxylation is 1. The number of nitrogen functional groups attached to an aromatic ring is 1. The van der Waals surface area contributed by atoms with Crippen LogP contribution >= 0.6 is 11.6 Å². The van der Waals surface area contributed by atoms with Crippen molar-refractivity contribution in [3.8, 4) is 0 Å². The molecule has 0 radical (unpaired) electrons. The molecule has 8 heteroatoms. The Morgan fingerprint density at radius 1 is 1.25 bits per heavy atom. The first-order chi connectivity index (χ1) is 9.29. The summed E-state index contributed by atoms with van der Waals surface area (Å²) in [6, 6.07) is 6.20. The molecular weight excluding hydrogens is 300 g/mol. The number of aromatic nitrogens is 2. The van der Waals surface area contributed by atoms with Gasteiger partial charge in [-0.1, -0.05) is 17.7 Å². The quantitative estimate of drug-likeness (QED) is 0.668. The number of anilines is 2. The lowest BCUT2D eigenvalue weighted by atomic mass is 10.2. The van der Waals surface area contributed by atoms with Crippen molar-refractivity contribution in [3.05, 3.63) is 40.7 Å². The van der Waals surface area contributed by atoms with Crippen molar-refractivity contribution in [1.29, 1.82) is 0 Å². The Morgan fingerprint density at radius 2 is 1.95 bits per heavy atom. The molecule has 0 aliphatic carbocycles. The van der Waals surface area contributed by atoms with Crippen molar-refractivity contribution in [2.75, 3.05) is 10.5 Å². The van der Waals surface area contributed by atoms with Crippen molar-refractivity contribution in [2.24, 2.45) is 0 Å². The molecule has 0 unspecified atom stereocenters. The van der Waals surface area contributed by atoms with Gasteiger partial charge in [0.25, 0.3) is 10.0 Å². The first-order valence-corrected chi connectivity index (χ1v) is 7.55. The zero-order valence-electron chi connectivity index (χ0n) is 10.9. The van der Waals surface area contributed by atoms with E-state index in [0.29, 0.717) is 16.9 Å². The van der Waals surface area contributed by atoms with Gasteiger partial charge in [-0.3, -0.25) is 0 Å². The molecule has 0 bridgehead atoms.